The molecule has 0 N–H and O–H groups in total. The van der Waals surface area contributed by atoms with Gasteiger partial charge in [-0.15, -0.1) is 0 Å². The van der Waals surface area contributed by atoms with Crippen LogP contribution in [0.25, 0.3) is 5.57 Å². The lowest BCUT2D eigenvalue weighted by Crippen LogP contribution is -2.45. The smallest absolute Gasteiger partial charge is 0.228 e. The zero-order valence-electron chi connectivity index (χ0n) is 7.81. The molecule has 1 atom stereocenters. The summed E-state index contributed by atoms with van der Waals surface area (Å²) < 4.78 is 0. The van der Waals surface area contributed by atoms with Crippen LogP contribution in [0.2, 0.25) is 0 Å². The Bertz CT molecular complexity index is 408. The first-order valence-corrected chi connectivity index (χ1v) is 4.92. The Hall–Kier alpha value is -1.57. The SMILES string of the molecule is O=C1C[C@H]2CC(c3ccccc3)=CN12. The van der Waals surface area contributed by atoms with Crippen molar-refractivity contribution in [2.45, 2.75) is 18.9 Å². The van der Waals surface area contributed by atoms with Gasteiger partial charge < -0.3 is 4.90 Å². The summed E-state index contributed by atoms with van der Waals surface area (Å²) in [6.45, 7) is 0. The van der Waals surface area contributed by atoms with Gasteiger partial charge in [0.2, 0.25) is 5.91 Å². The van der Waals surface area contributed by atoms with Gasteiger partial charge in [-0.2, -0.15) is 0 Å². The number of hydrogen-bond donors (Lipinski definition) is 0. The Morgan fingerprint density at radius 2 is 1.93 bits per heavy atom. The molecule has 0 saturated carbocycles. The van der Waals surface area contributed by atoms with E-state index in [-0.39, 0.29) is 5.91 Å². The second-order valence-electron chi connectivity index (χ2n) is 3.88. The monoisotopic (exact) mass is 185 g/mol. The summed E-state index contributed by atoms with van der Waals surface area (Å²) in [6.07, 6.45) is 3.76. The number of nitrogens with zero attached hydrogens (tertiary/aromatic N) is 1. The Balaban J connectivity index is 1.92. The van der Waals surface area contributed by atoms with Crippen LogP contribution in [0, 0.1) is 0 Å². The molecule has 0 bridgehead atoms. The van der Waals surface area contributed by atoms with E-state index in [9.17, 15) is 4.79 Å². The van der Waals surface area contributed by atoms with Gasteiger partial charge in [-0.1, -0.05) is 30.3 Å². The summed E-state index contributed by atoms with van der Waals surface area (Å²) in [6, 6.07) is 10.7. The Labute approximate surface area is 82.8 Å². The summed E-state index contributed by atoms with van der Waals surface area (Å²) in [5.74, 6) is 0.265. The second kappa shape index (κ2) is 2.71. The summed E-state index contributed by atoms with van der Waals surface area (Å²) in [4.78, 5) is 13.0. The van der Waals surface area contributed by atoms with E-state index in [0.717, 1.165) is 12.8 Å². The van der Waals surface area contributed by atoms with Gasteiger partial charge in [0.15, 0.2) is 0 Å². The zero-order valence-corrected chi connectivity index (χ0v) is 7.81. The summed E-state index contributed by atoms with van der Waals surface area (Å²) in [5, 5.41) is 0. The summed E-state index contributed by atoms with van der Waals surface area (Å²) in [7, 11) is 0. The lowest BCUT2D eigenvalue weighted by Gasteiger charge is -2.32. The van der Waals surface area contributed by atoms with Crippen molar-refractivity contribution in [2.75, 3.05) is 0 Å². The van der Waals surface area contributed by atoms with Crippen LogP contribution in [-0.2, 0) is 4.79 Å². The molecule has 2 nitrogen and oxygen atoms in total. The molecule has 3 rings (SSSR count). The molecule has 2 aliphatic rings. The number of amides is 1. The van der Waals surface area contributed by atoms with Crippen LogP contribution in [0.1, 0.15) is 18.4 Å². The predicted octanol–water partition coefficient (Wildman–Crippen LogP) is 2.03. The van der Waals surface area contributed by atoms with Gasteiger partial charge in [0.05, 0.1) is 0 Å². The molecule has 2 aliphatic heterocycles. The molecule has 0 aromatic heterocycles. The number of carbonyl (C=O) groups excluding carboxylic acids is 1. The Morgan fingerprint density at radius 3 is 2.57 bits per heavy atom. The highest BCUT2D eigenvalue weighted by atomic mass is 16.2. The van der Waals surface area contributed by atoms with Crippen molar-refractivity contribution < 1.29 is 4.79 Å². The maximum atomic E-state index is 11.2. The first kappa shape index (κ1) is 7.80. The van der Waals surface area contributed by atoms with E-state index >= 15 is 0 Å². The molecule has 2 heterocycles. The van der Waals surface area contributed by atoms with Crippen molar-refractivity contribution in [3.63, 3.8) is 0 Å². The molecule has 0 spiro atoms. The van der Waals surface area contributed by atoms with Gasteiger partial charge in [0.1, 0.15) is 0 Å². The Morgan fingerprint density at radius 1 is 1.14 bits per heavy atom. The normalized spacial score (nSPS) is 24.3. The van der Waals surface area contributed by atoms with Crippen LogP contribution < -0.4 is 0 Å². The van der Waals surface area contributed by atoms with Gasteiger partial charge in [-0.3, -0.25) is 4.79 Å². The molecule has 1 amide bonds. The van der Waals surface area contributed by atoms with Gasteiger partial charge in [0.25, 0.3) is 0 Å². The number of fused-ring (bicyclic) bond motifs is 1. The van der Waals surface area contributed by atoms with E-state index in [1.54, 1.807) is 0 Å². The number of benzene rings is 1. The van der Waals surface area contributed by atoms with Crippen molar-refractivity contribution >= 4 is 11.5 Å². The fraction of sp³-hybridized carbons (Fsp3) is 0.250. The van der Waals surface area contributed by atoms with Crippen LogP contribution in [0.3, 0.4) is 0 Å². The third-order valence-electron chi connectivity index (χ3n) is 2.99. The third-order valence-corrected chi connectivity index (χ3v) is 2.99. The number of β-lactam (4-membered cyclic amide) rings is 1. The van der Waals surface area contributed by atoms with E-state index < -0.39 is 0 Å². The molecule has 1 aromatic carbocycles. The largest absolute Gasteiger partial charge is 0.315 e. The second-order valence-corrected chi connectivity index (χ2v) is 3.88. The van der Waals surface area contributed by atoms with Crippen LogP contribution in [0.4, 0.5) is 0 Å². The minimum absolute atomic E-state index is 0.265. The standard InChI is InChI=1S/C12H11NO/c14-12-7-11-6-10(8-13(11)12)9-4-2-1-3-5-9/h1-5,8,11H,6-7H2/t11-/m1/s1. The van der Waals surface area contributed by atoms with Crippen molar-refractivity contribution in [1.82, 2.24) is 4.90 Å². The lowest BCUT2D eigenvalue weighted by atomic mass is 9.98. The number of hydrogen-bond acceptors (Lipinski definition) is 1. The van der Waals surface area contributed by atoms with Crippen molar-refractivity contribution in [3.05, 3.63) is 42.1 Å². The molecule has 0 unspecified atom stereocenters. The van der Waals surface area contributed by atoms with Gasteiger partial charge in [-0.05, 0) is 17.6 Å². The van der Waals surface area contributed by atoms with Gasteiger partial charge >= 0.3 is 0 Å². The lowest BCUT2D eigenvalue weighted by molar-refractivity contribution is -0.140. The van der Waals surface area contributed by atoms with Crippen molar-refractivity contribution in [1.29, 1.82) is 0 Å². The van der Waals surface area contributed by atoms with E-state index in [0.29, 0.717) is 6.04 Å². The van der Waals surface area contributed by atoms with Gasteiger partial charge in [-0.25, -0.2) is 0 Å². The molecule has 70 valence electrons. The van der Waals surface area contributed by atoms with Crippen LogP contribution >= 0.6 is 0 Å². The highest BCUT2D eigenvalue weighted by Crippen LogP contribution is 2.37. The van der Waals surface area contributed by atoms with E-state index in [4.69, 9.17) is 0 Å². The average molecular weight is 185 g/mol. The average Bonchev–Trinajstić information content (AvgIpc) is 2.57. The minimum Gasteiger partial charge on any atom is -0.315 e. The maximum absolute atomic E-state index is 11.2. The number of carbonyl (C=O) groups is 1. The van der Waals surface area contributed by atoms with Crippen molar-refractivity contribution in [3.8, 4) is 0 Å². The molecular weight excluding hydrogens is 174 g/mol. The quantitative estimate of drug-likeness (QED) is 0.613. The summed E-state index contributed by atoms with van der Waals surface area (Å²) in [5.41, 5.74) is 2.54. The molecule has 1 fully saturated rings. The molecule has 0 radical (unpaired) electrons. The van der Waals surface area contributed by atoms with E-state index in [1.165, 1.54) is 11.1 Å². The zero-order chi connectivity index (χ0) is 9.54. The Kier molecular flexibility index (Phi) is 1.51. The molecule has 0 aliphatic carbocycles. The first-order chi connectivity index (χ1) is 6.84. The molecule has 1 aromatic rings. The minimum atomic E-state index is 0.265. The van der Waals surface area contributed by atoms with E-state index in [1.807, 2.05) is 29.3 Å². The van der Waals surface area contributed by atoms with Crippen molar-refractivity contribution in [2.24, 2.45) is 0 Å². The third kappa shape index (κ3) is 1.00. The first-order valence-electron chi connectivity index (χ1n) is 4.92. The summed E-state index contributed by atoms with van der Waals surface area (Å²) >= 11 is 0. The van der Waals surface area contributed by atoms with E-state index in [2.05, 4.69) is 12.1 Å². The molecule has 2 heteroatoms. The van der Waals surface area contributed by atoms with Crippen LogP contribution in [0.15, 0.2) is 36.5 Å². The van der Waals surface area contributed by atoms with Gasteiger partial charge in [0, 0.05) is 18.7 Å². The molecular formula is C12H11NO. The fourth-order valence-corrected chi connectivity index (χ4v) is 2.16. The molecule has 1 saturated heterocycles. The van der Waals surface area contributed by atoms with Crippen LogP contribution in [-0.4, -0.2) is 16.8 Å². The highest BCUT2D eigenvalue weighted by Gasteiger charge is 2.39. The molecule has 14 heavy (non-hydrogen) atoms. The maximum Gasteiger partial charge on any atom is 0.228 e. The topological polar surface area (TPSA) is 20.3 Å². The highest BCUT2D eigenvalue weighted by molar-refractivity contribution is 5.89. The predicted molar refractivity (Wildman–Crippen MR) is 54.3 cm³/mol. The fourth-order valence-electron chi connectivity index (χ4n) is 2.16. The van der Waals surface area contributed by atoms with Crippen LogP contribution in [0.5, 0.6) is 0 Å². The number of rotatable bonds is 1.